The quantitative estimate of drug-likeness (QED) is 0.468. The Kier molecular flexibility index (Phi) is 7.94. The van der Waals surface area contributed by atoms with Gasteiger partial charge in [-0.15, -0.1) is 0 Å². The van der Waals surface area contributed by atoms with Gasteiger partial charge < -0.3 is 19.9 Å². The molecule has 4 aliphatic heterocycles. The van der Waals surface area contributed by atoms with Crippen LogP contribution in [0.15, 0.2) is 0 Å². The van der Waals surface area contributed by atoms with Crippen molar-refractivity contribution < 1.29 is 28.9 Å². The van der Waals surface area contributed by atoms with Gasteiger partial charge in [0.2, 0.25) is 23.5 Å². The van der Waals surface area contributed by atoms with Gasteiger partial charge in [-0.2, -0.15) is 0 Å². The molecule has 1 spiro atoms. The number of nitrogens with zero attached hydrogens (tertiary/aromatic N) is 2. The number of likely N-dealkylation sites (tertiary alicyclic amines) is 1. The van der Waals surface area contributed by atoms with Crippen molar-refractivity contribution in [2.45, 2.75) is 140 Å². The molecule has 0 aromatic heterocycles. The Morgan fingerprint density at radius 3 is 2.42 bits per heavy atom. The highest BCUT2D eigenvalue weighted by Crippen LogP contribution is 2.60. The minimum absolute atomic E-state index is 0.0271. The highest BCUT2D eigenvalue weighted by atomic mass is 17.3. The Balaban J connectivity index is 1.19. The van der Waals surface area contributed by atoms with E-state index in [9.17, 15) is 14.4 Å². The molecule has 7 rings (SSSR count). The van der Waals surface area contributed by atoms with Gasteiger partial charge in [-0.3, -0.25) is 14.4 Å². The zero-order chi connectivity index (χ0) is 28.1. The van der Waals surface area contributed by atoms with Crippen molar-refractivity contribution >= 4 is 17.7 Å². The lowest BCUT2D eigenvalue weighted by Crippen LogP contribution is -2.75. The molecule has 3 amide bonds. The van der Waals surface area contributed by atoms with E-state index < -0.39 is 17.6 Å². The summed E-state index contributed by atoms with van der Waals surface area (Å²) >= 11 is 0. The molecular formula is C31H49N3O6. The largest absolute Gasteiger partial charge is 0.352 e. The maximum absolute atomic E-state index is 13.8. The normalized spacial score (nSPS) is 40.0. The van der Waals surface area contributed by atoms with Crippen LogP contribution in [0.25, 0.3) is 0 Å². The van der Waals surface area contributed by atoms with E-state index >= 15 is 0 Å². The Morgan fingerprint density at radius 2 is 1.68 bits per heavy atom. The molecule has 40 heavy (non-hydrogen) atoms. The molecular weight excluding hydrogens is 510 g/mol. The number of hydrogen-bond donors (Lipinski definition) is 1. The molecule has 4 unspecified atom stereocenters. The van der Waals surface area contributed by atoms with Crippen molar-refractivity contribution in [2.24, 2.45) is 23.7 Å². The van der Waals surface area contributed by atoms with Crippen LogP contribution in [0.2, 0.25) is 0 Å². The smallest absolute Gasteiger partial charge is 0.239 e. The van der Waals surface area contributed by atoms with E-state index in [0.717, 1.165) is 70.6 Å². The van der Waals surface area contributed by atoms with Crippen LogP contribution in [-0.2, 0) is 28.9 Å². The van der Waals surface area contributed by atoms with Crippen LogP contribution in [0.5, 0.6) is 0 Å². The van der Waals surface area contributed by atoms with Crippen molar-refractivity contribution in [3.05, 3.63) is 0 Å². The molecule has 7 fully saturated rings. The molecule has 3 aliphatic carbocycles. The number of carbonyl (C=O) groups is 3. The van der Waals surface area contributed by atoms with Crippen LogP contribution in [0, 0.1) is 23.7 Å². The summed E-state index contributed by atoms with van der Waals surface area (Å²) in [5.41, 5.74) is -0.713. The number of fused-ring (bicyclic) bond motifs is 2. The first-order valence-electron chi connectivity index (χ1n) is 16.2. The molecule has 2 bridgehead atoms. The number of rotatable bonds is 7. The number of piperidine rings is 1. The lowest BCUT2D eigenvalue weighted by molar-refractivity contribution is -0.547. The second kappa shape index (κ2) is 11.2. The van der Waals surface area contributed by atoms with E-state index in [4.69, 9.17) is 14.5 Å². The topological polar surface area (TPSA) is 97.4 Å². The third-order valence-corrected chi connectivity index (χ3v) is 11.3. The van der Waals surface area contributed by atoms with E-state index in [1.165, 1.54) is 6.42 Å². The van der Waals surface area contributed by atoms with Crippen LogP contribution >= 0.6 is 0 Å². The average Bonchev–Trinajstić information content (AvgIpc) is 3.38. The molecule has 0 radical (unpaired) electrons. The lowest BCUT2D eigenvalue weighted by Gasteiger charge is -2.61. The van der Waals surface area contributed by atoms with Crippen LogP contribution in [0.4, 0.5) is 0 Å². The number of hydrogen-bond acceptors (Lipinski definition) is 6. The van der Waals surface area contributed by atoms with E-state index in [0.29, 0.717) is 12.3 Å². The van der Waals surface area contributed by atoms with Gasteiger partial charge in [0.05, 0.1) is 6.54 Å². The monoisotopic (exact) mass is 559 g/mol. The summed E-state index contributed by atoms with van der Waals surface area (Å²) in [4.78, 5) is 56.6. The SMILES string of the molecule is C[C@H]1CCC2[C@@H](C)C(=O)N(CCC(=O)N(CC(=O)NC3CCCCC3)C3CCCC3)C3OC4(C)CCC1[C@@]23OO4. The first-order chi connectivity index (χ1) is 19.2. The second-order valence-electron chi connectivity index (χ2n) is 13.9. The fraction of sp³-hybridized carbons (Fsp3) is 0.903. The van der Waals surface area contributed by atoms with E-state index in [1.54, 1.807) is 9.80 Å². The van der Waals surface area contributed by atoms with Gasteiger partial charge in [-0.25, -0.2) is 9.78 Å². The minimum atomic E-state index is -0.909. The first kappa shape index (κ1) is 28.4. The Morgan fingerprint density at radius 1 is 0.950 bits per heavy atom. The van der Waals surface area contributed by atoms with Gasteiger partial charge >= 0.3 is 0 Å². The van der Waals surface area contributed by atoms with Gasteiger partial charge in [0, 0.05) is 43.3 Å². The average molecular weight is 560 g/mol. The van der Waals surface area contributed by atoms with Gasteiger partial charge in [0.25, 0.3) is 0 Å². The summed E-state index contributed by atoms with van der Waals surface area (Å²) in [6, 6.07) is 0.312. The van der Waals surface area contributed by atoms with Gasteiger partial charge in [0.15, 0.2) is 11.8 Å². The highest BCUT2D eigenvalue weighted by molar-refractivity contribution is 5.86. The minimum Gasteiger partial charge on any atom is -0.352 e. The summed E-state index contributed by atoms with van der Waals surface area (Å²) in [6.07, 6.45) is 12.8. The molecule has 7 aliphatic rings. The lowest BCUT2D eigenvalue weighted by atomic mass is 9.57. The number of ether oxygens (including phenoxy) is 1. The van der Waals surface area contributed by atoms with E-state index in [1.807, 2.05) is 13.8 Å². The number of carbonyl (C=O) groups excluding carboxylic acids is 3. The van der Waals surface area contributed by atoms with Crippen LogP contribution in [0.3, 0.4) is 0 Å². The Labute approximate surface area is 238 Å². The fourth-order valence-electron chi connectivity index (χ4n) is 9.05. The van der Waals surface area contributed by atoms with Crippen molar-refractivity contribution in [3.63, 3.8) is 0 Å². The molecule has 4 heterocycles. The first-order valence-corrected chi connectivity index (χ1v) is 16.2. The third kappa shape index (κ3) is 4.98. The van der Waals surface area contributed by atoms with Gasteiger partial charge in [-0.05, 0) is 63.7 Å². The summed E-state index contributed by atoms with van der Waals surface area (Å²) in [7, 11) is 0. The molecule has 1 N–H and O–H groups in total. The summed E-state index contributed by atoms with van der Waals surface area (Å²) in [6.45, 7) is 6.54. The van der Waals surface area contributed by atoms with Crippen LogP contribution < -0.4 is 5.32 Å². The molecule has 3 saturated carbocycles. The molecule has 4 saturated heterocycles. The van der Waals surface area contributed by atoms with E-state index in [2.05, 4.69) is 12.2 Å². The molecule has 0 aromatic rings. The van der Waals surface area contributed by atoms with Crippen molar-refractivity contribution in [3.8, 4) is 0 Å². The maximum atomic E-state index is 13.8. The van der Waals surface area contributed by atoms with E-state index in [-0.39, 0.29) is 67.1 Å². The van der Waals surface area contributed by atoms with Crippen molar-refractivity contribution in [1.29, 1.82) is 0 Å². The Bertz CT molecular complexity index is 980. The zero-order valence-electron chi connectivity index (χ0n) is 24.7. The predicted octanol–water partition coefficient (Wildman–Crippen LogP) is 4.29. The molecule has 0 aromatic carbocycles. The van der Waals surface area contributed by atoms with Gasteiger partial charge in [-0.1, -0.05) is 46.0 Å². The summed E-state index contributed by atoms with van der Waals surface area (Å²) in [5.74, 6) is -0.525. The third-order valence-electron chi connectivity index (χ3n) is 11.3. The highest BCUT2D eigenvalue weighted by Gasteiger charge is 2.70. The van der Waals surface area contributed by atoms with Crippen molar-refractivity contribution in [2.75, 3.05) is 13.1 Å². The Hall–Kier alpha value is -1.71. The summed E-state index contributed by atoms with van der Waals surface area (Å²) < 4.78 is 6.62. The maximum Gasteiger partial charge on any atom is 0.239 e. The predicted molar refractivity (Wildman–Crippen MR) is 147 cm³/mol. The molecule has 224 valence electrons. The number of amides is 3. The molecule has 9 heteroatoms. The fourth-order valence-corrected chi connectivity index (χ4v) is 9.05. The summed E-state index contributed by atoms with van der Waals surface area (Å²) in [5, 5.41) is 3.19. The molecule has 9 nitrogen and oxygen atoms in total. The number of nitrogens with one attached hydrogen (secondary N) is 1. The van der Waals surface area contributed by atoms with Crippen molar-refractivity contribution in [1.82, 2.24) is 15.1 Å². The second-order valence-corrected chi connectivity index (χ2v) is 13.9. The zero-order valence-corrected chi connectivity index (χ0v) is 24.7. The van der Waals surface area contributed by atoms with Gasteiger partial charge in [0.1, 0.15) is 0 Å². The molecule has 7 atom stereocenters. The van der Waals surface area contributed by atoms with Crippen LogP contribution in [0.1, 0.15) is 111 Å². The standard InChI is InChI=1S/C31H49N3O6/c1-20-13-14-25-21(2)28(37)33(29-31(25)24(20)15-17-30(3,38-29)39-40-31)18-16-27(36)34(23-11-7-8-12-23)19-26(35)32-22-9-5-4-6-10-22/h20-25,29H,4-19H2,1-3H3,(H,32,35)/t20-,21+,24?,25?,29?,30?,31+/m0/s1. The van der Waals surface area contributed by atoms with Crippen LogP contribution in [-0.4, -0.2) is 70.3 Å².